The Morgan fingerprint density at radius 3 is 2.46 bits per heavy atom. The van der Waals surface area contributed by atoms with Crippen LogP contribution in [0.15, 0.2) is 0 Å². The first kappa shape index (κ1) is 12.3. The number of rotatable bonds is 5. The number of nitrogens with one attached hydrogen (secondary N) is 2. The average molecular weight is 204 g/mol. The molecule has 0 saturated heterocycles. The van der Waals surface area contributed by atoms with Crippen molar-refractivity contribution in [1.29, 1.82) is 0 Å². The van der Waals surface area contributed by atoms with Crippen molar-refractivity contribution in [1.82, 2.24) is 5.32 Å². The standard InChI is InChI=1S/C8H17N3OS/c1-6(2)10-8(12)5-11(3)4-7(9)13/h6H,4-5H2,1-3H3,(H2,9,13)(H,10,12)/p+1. The molecule has 0 saturated carbocycles. The van der Waals surface area contributed by atoms with Gasteiger partial charge in [-0.05, 0) is 13.8 Å². The van der Waals surface area contributed by atoms with Gasteiger partial charge in [0.1, 0.15) is 11.5 Å². The molecule has 1 atom stereocenters. The summed E-state index contributed by atoms with van der Waals surface area (Å²) in [5.41, 5.74) is 5.35. The van der Waals surface area contributed by atoms with Gasteiger partial charge in [-0.1, -0.05) is 12.2 Å². The highest BCUT2D eigenvalue weighted by molar-refractivity contribution is 7.80. The molecule has 0 aliphatic heterocycles. The Hall–Kier alpha value is -0.680. The van der Waals surface area contributed by atoms with Gasteiger partial charge in [-0.25, -0.2) is 0 Å². The van der Waals surface area contributed by atoms with Gasteiger partial charge in [-0.15, -0.1) is 0 Å². The summed E-state index contributed by atoms with van der Waals surface area (Å²) in [6, 6.07) is 0.185. The van der Waals surface area contributed by atoms with E-state index < -0.39 is 0 Å². The first-order valence-electron chi connectivity index (χ1n) is 4.30. The lowest BCUT2D eigenvalue weighted by Crippen LogP contribution is -3.11. The van der Waals surface area contributed by atoms with Crippen LogP contribution in [-0.2, 0) is 4.79 Å². The molecule has 0 fully saturated rings. The van der Waals surface area contributed by atoms with Gasteiger partial charge in [-0.2, -0.15) is 0 Å². The zero-order chi connectivity index (χ0) is 10.4. The van der Waals surface area contributed by atoms with Gasteiger partial charge >= 0.3 is 0 Å². The van der Waals surface area contributed by atoms with Crippen molar-refractivity contribution in [3.63, 3.8) is 0 Å². The smallest absolute Gasteiger partial charge is 0.275 e. The van der Waals surface area contributed by atoms with Crippen LogP contribution in [0.3, 0.4) is 0 Å². The van der Waals surface area contributed by atoms with Crippen molar-refractivity contribution in [3.05, 3.63) is 0 Å². The van der Waals surface area contributed by atoms with Gasteiger partial charge < -0.3 is 16.0 Å². The summed E-state index contributed by atoms with van der Waals surface area (Å²) >= 11 is 4.74. The van der Waals surface area contributed by atoms with Crippen LogP contribution in [0.2, 0.25) is 0 Å². The summed E-state index contributed by atoms with van der Waals surface area (Å²) in [5, 5.41) is 2.80. The van der Waals surface area contributed by atoms with Crippen LogP contribution in [-0.4, -0.2) is 37.1 Å². The lowest BCUT2D eigenvalue weighted by Gasteiger charge is -2.13. The summed E-state index contributed by atoms with van der Waals surface area (Å²) in [6.45, 7) is 4.83. The summed E-state index contributed by atoms with van der Waals surface area (Å²) in [5.74, 6) is 0.0313. The van der Waals surface area contributed by atoms with Crippen molar-refractivity contribution >= 4 is 23.1 Å². The van der Waals surface area contributed by atoms with Crippen molar-refractivity contribution in [3.8, 4) is 0 Å². The Morgan fingerprint density at radius 2 is 2.08 bits per heavy atom. The quantitative estimate of drug-likeness (QED) is 0.468. The highest BCUT2D eigenvalue weighted by Gasteiger charge is 2.10. The molecule has 76 valence electrons. The van der Waals surface area contributed by atoms with Gasteiger partial charge in [0.2, 0.25) is 0 Å². The Balaban J connectivity index is 3.71. The van der Waals surface area contributed by atoms with E-state index in [0.717, 1.165) is 4.90 Å². The fraction of sp³-hybridized carbons (Fsp3) is 0.750. The molecule has 0 bridgehead atoms. The molecule has 0 aromatic carbocycles. The van der Waals surface area contributed by atoms with Crippen LogP contribution >= 0.6 is 12.2 Å². The maximum Gasteiger partial charge on any atom is 0.275 e. The van der Waals surface area contributed by atoms with Crippen LogP contribution in [0.5, 0.6) is 0 Å². The van der Waals surface area contributed by atoms with E-state index in [2.05, 4.69) is 5.32 Å². The highest BCUT2D eigenvalue weighted by Crippen LogP contribution is 1.73. The predicted molar refractivity (Wildman–Crippen MR) is 56.7 cm³/mol. The molecule has 4 N–H and O–H groups in total. The average Bonchev–Trinajstić information content (AvgIpc) is 1.80. The molecule has 13 heavy (non-hydrogen) atoms. The zero-order valence-corrected chi connectivity index (χ0v) is 9.20. The minimum atomic E-state index is 0.0313. The molecule has 1 amide bonds. The Bertz CT molecular complexity index is 194. The molecule has 0 spiro atoms. The second-order valence-electron chi connectivity index (χ2n) is 3.50. The molecule has 0 aromatic heterocycles. The van der Waals surface area contributed by atoms with E-state index in [1.165, 1.54) is 0 Å². The number of quaternary nitrogens is 1. The fourth-order valence-electron chi connectivity index (χ4n) is 1.01. The number of amides is 1. The Morgan fingerprint density at radius 1 is 1.54 bits per heavy atom. The summed E-state index contributed by atoms with van der Waals surface area (Å²) in [6.07, 6.45) is 0. The summed E-state index contributed by atoms with van der Waals surface area (Å²) < 4.78 is 0. The first-order valence-corrected chi connectivity index (χ1v) is 4.71. The SMILES string of the molecule is CC(C)NC(=O)C[NH+](C)CC(N)=S. The molecular formula is C8H18N3OS+. The third kappa shape index (κ3) is 7.67. The largest absolute Gasteiger partial charge is 0.389 e. The van der Waals surface area contributed by atoms with E-state index in [-0.39, 0.29) is 11.9 Å². The Kier molecular flexibility index (Phi) is 5.57. The van der Waals surface area contributed by atoms with Gasteiger partial charge in [0.25, 0.3) is 5.91 Å². The monoisotopic (exact) mass is 204 g/mol. The maximum absolute atomic E-state index is 11.2. The minimum absolute atomic E-state index is 0.0313. The minimum Gasteiger partial charge on any atom is -0.389 e. The first-order chi connectivity index (χ1) is 5.91. The molecule has 0 aliphatic carbocycles. The zero-order valence-electron chi connectivity index (χ0n) is 8.39. The van der Waals surface area contributed by atoms with Crippen molar-refractivity contribution < 1.29 is 9.69 Å². The second-order valence-corrected chi connectivity index (χ2v) is 4.02. The highest BCUT2D eigenvalue weighted by atomic mass is 32.1. The topological polar surface area (TPSA) is 59.6 Å². The molecule has 0 radical (unpaired) electrons. The van der Waals surface area contributed by atoms with Crippen molar-refractivity contribution in [2.24, 2.45) is 5.73 Å². The van der Waals surface area contributed by atoms with E-state index in [9.17, 15) is 4.79 Å². The third-order valence-electron chi connectivity index (χ3n) is 1.39. The van der Waals surface area contributed by atoms with Crippen LogP contribution in [0, 0.1) is 0 Å². The number of hydrogen-bond acceptors (Lipinski definition) is 2. The van der Waals surface area contributed by atoms with Gasteiger partial charge in [0.15, 0.2) is 6.54 Å². The fourth-order valence-corrected chi connectivity index (χ4v) is 1.25. The number of hydrogen-bond donors (Lipinski definition) is 3. The van der Waals surface area contributed by atoms with E-state index in [1.54, 1.807) is 0 Å². The number of thiocarbonyl (C=S) groups is 1. The molecule has 0 heterocycles. The van der Waals surface area contributed by atoms with Crippen LogP contribution < -0.4 is 16.0 Å². The summed E-state index contributed by atoms with van der Waals surface area (Å²) in [4.78, 5) is 12.7. The molecule has 4 nitrogen and oxygen atoms in total. The van der Waals surface area contributed by atoms with Crippen LogP contribution in [0.25, 0.3) is 0 Å². The predicted octanol–water partition coefficient (Wildman–Crippen LogP) is -1.69. The number of likely N-dealkylation sites (N-methyl/N-ethyl adjacent to an activating group) is 1. The number of nitrogens with two attached hydrogens (primary N) is 1. The molecule has 1 unspecified atom stereocenters. The van der Waals surface area contributed by atoms with Gasteiger partial charge in [0, 0.05) is 6.04 Å². The number of carbonyl (C=O) groups is 1. The van der Waals surface area contributed by atoms with E-state index >= 15 is 0 Å². The van der Waals surface area contributed by atoms with Crippen LogP contribution in [0.1, 0.15) is 13.8 Å². The van der Waals surface area contributed by atoms with Gasteiger partial charge in [-0.3, -0.25) is 4.79 Å². The second kappa shape index (κ2) is 5.88. The van der Waals surface area contributed by atoms with E-state index in [1.807, 2.05) is 20.9 Å². The van der Waals surface area contributed by atoms with Crippen LogP contribution in [0.4, 0.5) is 0 Å². The number of carbonyl (C=O) groups excluding carboxylic acids is 1. The lowest BCUT2D eigenvalue weighted by molar-refractivity contribution is -0.861. The molecule has 0 aromatic rings. The van der Waals surface area contributed by atoms with E-state index in [0.29, 0.717) is 18.1 Å². The molecule has 0 rings (SSSR count). The lowest BCUT2D eigenvalue weighted by atomic mass is 10.4. The van der Waals surface area contributed by atoms with Crippen molar-refractivity contribution in [2.75, 3.05) is 20.1 Å². The third-order valence-corrected chi connectivity index (χ3v) is 1.53. The van der Waals surface area contributed by atoms with Gasteiger partial charge in [0.05, 0.1) is 7.05 Å². The summed E-state index contributed by atoms with van der Waals surface area (Å²) in [7, 11) is 1.89. The van der Waals surface area contributed by atoms with Crippen molar-refractivity contribution in [2.45, 2.75) is 19.9 Å². The molecule has 0 aliphatic rings. The molecule has 5 heteroatoms. The Labute approximate surface area is 84.5 Å². The maximum atomic E-state index is 11.2. The van der Waals surface area contributed by atoms with E-state index in [4.69, 9.17) is 18.0 Å². The normalized spacial score (nSPS) is 12.6. The molecular weight excluding hydrogens is 186 g/mol.